The zero-order chi connectivity index (χ0) is 15.1. The molecule has 0 radical (unpaired) electrons. The van der Waals surface area contributed by atoms with Crippen LogP contribution in [0.2, 0.25) is 0 Å². The van der Waals surface area contributed by atoms with E-state index in [-0.39, 0.29) is 17.7 Å². The van der Waals surface area contributed by atoms with Crippen LogP contribution >= 0.6 is 0 Å². The SMILES string of the molecule is CN1C[C@H]2COC[C@@H]1CN(C(=O)c1onc3ncccc13)C2. The van der Waals surface area contributed by atoms with Gasteiger partial charge in [0, 0.05) is 31.7 Å². The lowest BCUT2D eigenvalue weighted by Crippen LogP contribution is -2.44. The highest BCUT2D eigenvalue weighted by Gasteiger charge is 2.35. The molecule has 4 rings (SSSR count). The first-order chi connectivity index (χ1) is 10.7. The molecule has 1 amide bonds. The van der Waals surface area contributed by atoms with Crippen LogP contribution in [0.1, 0.15) is 10.6 Å². The fourth-order valence-corrected chi connectivity index (χ4v) is 3.30. The lowest BCUT2D eigenvalue weighted by atomic mass is 10.1. The van der Waals surface area contributed by atoms with E-state index in [0.29, 0.717) is 43.3 Å². The first kappa shape index (κ1) is 13.7. The number of hydrogen-bond acceptors (Lipinski definition) is 6. The molecule has 0 N–H and O–H groups in total. The molecule has 116 valence electrons. The van der Waals surface area contributed by atoms with Crippen molar-refractivity contribution in [2.75, 3.05) is 39.9 Å². The van der Waals surface area contributed by atoms with Crippen LogP contribution in [0.5, 0.6) is 0 Å². The minimum absolute atomic E-state index is 0.109. The highest BCUT2D eigenvalue weighted by molar-refractivity contribution is 6.02. The monoisotopic (exact) mass is 302 g/mol. The van der Waals surface area contributed by atoms with Crippen molar-refractivity contribution in [2.24, 2.45) is 5.92 Å². The van der Waals surface area contributed by atoms with Crippen LogP contribution in [-0.2, 0) is 4.74 Å². The Hall–Kier alpha value is -1.99. The summed E-state index contributed by atoms with van der Waals surface area (Å²) in [4.78, 5) is 21.1. The molecule has 2 bridgehead atoms. The Morgan fingerprint density at radius 3 is 3.14 bits per heavy atom. The number of ether oxygens (including phenoxy) is 1. The minimum Gasteiger partial charge on any atom is -0.379 e. The van der Waals surface area contributed by atoms with Crippen LogP contribution in [0, 0.1) is 5.92 Å². The van der Waals surface area contributed by atoms with Gasteiger partial charge in [-0.25, -0.2) is 4.98 Å². The average Bonchev–Trinajstić information content (AvgIpc) is 2.76. The maximum absolute atomic E-state index is 12.9. The highest BCUT2D eigenvalue weighted by atomic mass is 16.5. The number of carbonyl (C=O) groups excluding carboxylic acids is 1. The second-order valence-electron chi connectivity index (χ2n) is 6.09. The number of pyridine rings is 1. The average molecular weight is 302 g/mol. The van der Waals surface area contributed by atoms with Crippen molar-refractivity contribution in [3.63, 3.8) is 0 Å². The number of carbonyl (C=O) groups is 1. The van der Waals surface area contributed by atoms with E-state index in [0.717, 1.165) is 6.54 Å². The summed E-state index contributed by atoms with van der Waals surface area (Å²) in [5, 5.41) is 4.55. The van der Waals surface area contributed by atoms with E-state index in [1.165, 1.54) is 0 Å². The van der Waals surface area contributed by atoms with E-state index < -0.39 is 0 Å². The van der Waals surface area contributed by atoms with Crippen molar-refractivity contribution in [1.29, 1.82) is 0 Å². The van der Waals surface area contributed by atoms with Gasteiger partial charge in [0.2, 0.25) is 11.4 Å². The first-order valence-electron chi connectivity index (χ1n) is 7.50. The summed E-state index contributed by atoms with van der Waals surface area (Å²) < 4.78 is 11.0. The Kier molecular flexibility index (Phi) is 3.31. The fourth-order valence-electron chi connectivity index (χ4n) is 3.30. The van der Waals surface area contributed by atoms with Crippen LogP contribution in [0.3, 0.4) is 0 Å². The summed E-state index contributed by atoms with van der Waals surface area (Å²) in [6.07, 6.45) is 1.64. The first-order valence-corrected chi connectivity index (χ1v) is 7.50. The van der Waals surface area contributed by atoms with Crippen LogP contribution < -0.4 is 0 Å². The van der Waals surface area contributed by atoms with Gasteiger partial charge in [0.25, 0.3) is 5.91 Å². The molecule has 2 aromatic heterocycles. The maximum atomic E-state index is 12.9. The lowest BCUT2D eigenvalue weighted by molar-refractivity contribution is 0.0411. The smallest absolute Gasteiger partial charge is 0.293 e. The number of fused-ring (bicyclic) bond motifs is 4. The number of nitrogens with zero attached hydrogens (tertiary/aromatic N) is 4. The van der Waals surface area contributed by atoms with Crippen LogP contribution in [0.4, 0.5) is 0 Å². The van der Waals surface area contributed by atoms with E-state index in [4.69, 9.17) is 9.26 Å². The van der Waals surface area contributed by atoms with E-state index in [1.54, 1.807) is 12.3 Å². The second kappa shape index (κ2) is 5.33. The van der Waals surface area contributed by atoms with E-state index >= 15 is 0 Å². The summed E-state index contributed by atoms with van der Waals surface area (Å²) in [6.45, 7) is 3.64. The zero-order valence-corrected chi connectivity index (χ0v) is 12.4. The fraction of sp³-hybridized carbons (Fsp3) is 0.533. The minimum atomic E-state index is -0.109. The molecule has 0 aliphatic carbocycles. The van der Waals surface area contributed by atoms with Gasteiger partial charge >= 0.3 is 0 Å². The van der Waals surface area contributed by atoms with E-state index in [1.807, 2.05) is 11.0 Å². The largest absolute Gasteiger partial charge is 0.379 e. The summed E-state index contributed by atoms with van der Waals surface area (Å²) in [5.74, 6) is 0.503. The molecule has 7 nitrogen and oxygen atoms in total. The molecular formula is C15H18N4O3. The predicted molar refractivity (Wildman–Crippen MR) is 78.4 cm³/mol. The molecule has 0 aromatic carbocycles. The Morgan fingerprint density at radius 1 is 1.32 bits per heavy atom. The normalized spacial score (nSPS) is 26.1. The third-order valence-corrected chi connectivity index (χ3v) is 4.48. The molecule has 22 heavy (non-hydrogen) atoms. The number of likely N-dealkylation sites (N-methyl/N-ethyl adjacent to an activating group) is 1. The van der Waals surface area contributed by atoms with Crippen molar-refractivity contribution in [2.45, 2.75) is 6.04 Å². The number of rotatable bonds is 1. The van der Waals surface area contributed by atoms with Crippen molar-refractivity contribution >= 4 is 16.9 Å². The molecule has 7 heteroatoms. The van der Waals surface area contributed by atoms with Crippen molar-refractivity contribution in [3.05, 3.63) is 24.1 Å². The van der Waals surface area contributed by atoms with Gasteiger partial charge < -0.3 is 14.2 Å². The lowest BCUT2D eigenvalue weighted by Gasteiger charge is -2.29. The van der Waals surface area contributed by atoms with Crippen LogP contribution in [0.25, 0.3) is 11.0 Å². The Balaban J connectivity index is 1.65. The molecule has 2 aromatic rings. The van der Waals surface area contributed by atoms with Crippen molar-refractivity contribution in [1.82, 2.24) is 19.9 Å². The summed E-state index contributed by atoms with van der Waals surface area (Å²) >= 11 is 0. The third kappa shape index (κ3) is 2.26. The molecule has 2 atom stereocenters. The molecule has 4 heterocycles. The second-order valence-corrected chi connectivity index (χ2v) is 6.09. The molecule has 0 saturated carbocycles. The zero-order valence-electron chi connectivity index (χ0n) is 12.4. The maximum Gasteiger partial charge on any atom is 0.293 e. The predicted octanol–water partition coefficient (Wildman–Crippen LogP) is 0.625. The van der Waals surface area contributed by atoms with E-state index in [2.05, 4.69) is 22.1 Å². The van der Waals surface area contributed by atoms with Gasteiger partial charge in [0.1, 0.15) is 0 Å². The van der Waals surface area contributed by atoms with Gasteiger partial charge in [-0.15, -0.1) is 0 Å². The molecule has 2 aliphatic rings. The highest BCUT2D eigenvalue weighted by Crippen LogP contribution is 2.22. The Morgan fingerprint density at radius 2 is 2.23 bits per heavy atom. The number of amides is 1. The summed E-state index contributed by atoms with van der Waals surface area (Å²) in [5.41, 5.74) is 0.473. The summed E-state index contributed by atoms with van der Waals surface area (Å²) in [7, 11) is 2.09. The molecular weight excluding hydrogens is 284 g/mol. The summed E-state index contributed by atoms with van der Waals surface area (Å²) in [6, 6.07) is 3.83. The van der Waals surface area contributed by atoms with Crippen molar-refractivity contribution in [3.8, 4) is 0 Å². The molecule has 2 fully saturated rings. The van der Waals surface area contributed by atoms with Crippen LogP contribution in [0.15, 0.2) is 22.9 Å². The Labute approximate surface area is 127 Å². The van der Waals surface area contributed by atoms with Gasteiger partial charge in [-0.2, -0.15) is 0 Å². The van der Waals surface area contributed by atoms with Gasteiger partial charge in [-0.3, -0.25) is 9.69 Å². The molecule has 0 unspecified atom stereocenters. The van der Waals surface area contributed by atoms with Gasteiger partial charge in [0.05, 0.1) is 24.6 Å². The third-order valence-electron chi connectivity index (χ3n) is 4.48. The molecule has 2 aliphatic heterocycles. The standard InChI is InChI=1S/C15H18N4O3/c1-18-5-10-6-19(7-11(18)9-21-8-10)15(20)13-12-3-2-4-16-14(12)17-22-13/h2-4,10-11H,5-9H2,1H3/t10-,11+/m1/s1. The van der Waals surface area contributed by atoms with Gasteiger partial charge in [0.15, 0.2) is 0 Å². The molecule has 0 spiro atoms. The van der Waals surface area contributed by atoms with Crippen molar-refractivity contribution < 1.29 is 14.1 Å². The topological polar surface area (TPSA) is 71.7 Å². The number of aromatic nitrogens is 2. The quantitative estimate of drug-likeness (QED) is 0.769. The van der Waals surface area contributed by atoms with E-state index in [9.17, 15) is 4.79 Å². The Bertz CT molecular complexity index is 701. The van der Waals surface area contributed by atoms with Gasteiger partial charge in [-0.05, 0) is 19.2 Å². The van der Waals surface area contributed by atoms with Crippen LogP contribution in [-0.4, -0.2) is 71.8 Å². The number of hydrogen-bond donors (Lipinski definition) is 0. The van der Waals surface area contributed by atoms with Gasteiger partial charge in [-0.1, -0.05) is 5.16 Å². The molecule has 2 saturated heterocycles.